The van der Waals surface area contributed by atoms with Crippen molar-refractivity contribution in [3.63, 3.8) is 0 Å². The zero-order valence-corrected chi connectivity index (χ0v) is 22.5. The Bertz CT molecular complexity index is 865. The van der Waals surface area contributed by atoms with Crippen molar-refractivity contribution in [2.75, 3.05) is 53.5 Å². The van der Waals surface area contributed by atoms with E-state index in [0.717, 1.165) is 99.7 Å². The van der Waals surface area contributed by atoms with Gasteiger partial charge in [-0.05, 0) is 51.6 Å². The molecule has 3 rings (SSSR count). The lowest BCUT2D eigenvalue weighted by atomic mass is 10.1. The number of rotatable bonds is 11. The van der Waals surface area contributed by atoms with E-state index in [2.05, 4.69) is 33.5 Å². The molecule has 0 saturated carbocycles. The number of aliphatic hydroxyl groups is 1. The van der Waals surface area contributed by atoms with E-state index in [-0.39, 0.29) is 30.1 Å². The van der Waals surface area contributed by atoms with Crippen LogP contribution in [0.25, 0.3) is 10.9 Å². The van der Waals surface area contributed by atoms with E-state index in [0.29, 0.717) is 0 Å². The number of piperidine rings is 1. The number of guanidine groups is 1. The van der Waals surface area contributed by atoms with Gasteiger partial charge in [0.15, 0.2) is 5.96 Å². The van der Waals surface area contributed by atoms with E-state index in [1.54, 1.807) is 14.2 Å². The molecule has 0 bridgehead atoms. The number of halogens is 1. The molecule has 0 aliphatic carbocycles. The van der Waals surface area contributed by atoms with Crippen molar-refractivity contribution >= 4 is 40.8 Å². The van der Waals surface area contributed by atoms with Crippen molar-refractivity contribution in [3.05, 3.63) is 23.9 Å². The summed E-state index contributed by atoms with van der Waals surface area (Å²) in [5.74, 6) is 2.48. The van der Waals surface area contributed by atoms with E-state index >= 15 is 0 Å². The van der Waals surface area contributed by atoms with Gasteiger partial charge in [-0.15, -0.1) is 24.0 Å². The maximum Gasteiger partial charge on any atom is 0.191 e. The summed E-state index contributed by atoms with van der Waals surface area (Å²) in [6, 6.07) is 6.06. The normalized spacial score (nSPS) is 15.3. The summed E-state index contributed by atoms with van der Waals surface area (Å²) in [6.45, 7) is 7.66. The fraction of sp³-hybridized carbons (Fsp3) is 0.625. The predicted molar refractivity (Wildman–Crippen MR) is 145 cm³/mol. The van der Waals surface area contributed by atoms with Gasteiger partial charge in [0.05, 0.1) is 25.8 Å². The van der Waals surface area contributed by atoms with Crippen LogP contribution in [0.4, 0.5) is 0 Å². The van der Waals surface area contributed by atoms with Gasteiger partial charge in [0, 0.05) is 55.9 Å². The second kappa shape index (κ2) is 14.5. The number of methoxy groups -OCH3 is 2. The van der Waals surface area contributed by atoms with E-state index in [4.69, 9.17) is 14.5 Å². The Morgan fingerprint density at radius 3 is 2.64 bits per heavy atom. The first-order valence-electron chi connectivity index (χ1n) is 11.8. The number of aromatic nitrogens is 1. The van der Waals surface area contributed by atoms with Crippen molar-refractivity contribution in [1.29, 1.82) is 0 Å². The molecule has 8 nitrogen and oxygen atoms in total. The summed E-state index contributed by atoms with van der Waals surface area (Å²) < 4.78 is 10.9. The number of aryl methyl sites for hydroxylation is 1. The molecule has 1 aromatic carbocycles. The average Bonchev–Trinajstić information content (AvgIpc) is 3.22. The van der Waals surface area contributed by atoms with E-state index in [1.807, 2.05) is 12.1 Å². The maximum atomic E-state index is 9.61. The highest BCUT2D eigenvalue weighted by Gasteiger charge is 2.16. The molecule has 1 fully saturated rings. The number of hydrogen-bond acceptors (Lipinski definition) is 5. The van der Waals surface area contributed by atoms with Gasteiger partial charge in [0.2, 0.25) is 0 Å². The number of likely N-dealkylation sites (tertiary alicyclic amines) is 1. The van der Waals surface area contributed by atoms with Crippen LogP contribution in [-0.2, 0) is 6.42 Å². The molecule has 9 heteroatoms. The van der Waals surface area contributed by atoms with Crippen molar-refractivity contribution in [2.45, 2.75) is 45.1 Å². The van der Waals surface area contributed by atoms with Crippen LogP contribution in [0.1, 0.15) is 38.3 Å². The number of H-pyrrole nitrogens is 1. The number of fused-ring (bicyclic) bond motifs is 1. The molecule has 33 heavy (non-hydrogen) atoms. The minimum atomic E-state index is -0.105. The summed E-state index contributed by atoms with van der Waals surface area (Å²) in [7, 11) is 3.35. The average molecular weight is 574 g/mol. The predicted octanol–water partition coefficient (Wildman–Crippen LogP) is 3.14. The van der Waals surface area contributed by atoms with Gasteiger partial charge in [-0.1, -0.05) is 0 Å². The van der Waals surface area contributed by atoms with Crippen LogP contribution in [0, 0.1) is 0 Å². The Kier molecular flexibility index (Phi) is 12.1. The van der Waals surface area contributed by atoms with Crippen LogP contribution in [0.3, 0.4) is 0 Å². The Labute approximate surface area is 214 Å². The summed E-state index contributed by atoms with van der Waals surface area (Å²) in [5, 5.41) is 17.5. The number of aliphatic hydroxyl groups excluding tert-OH is 1. The highest BCUT2D eigenvalue weighted by atomic mass is 127. The van der Waals surface area contributed by atoms with Gasteiger partial charge < -0.3 is 35.1 Å². The molecule has 186 valence electrons. The molecule has 1 aliphatic rings. The van der Waals surface area contributed by atoms with Crippen LogP contribution < -0.4 is 20.1 Å². The molecule has 2 heterocycles. The number of aromatic amines is 1. The zero-order valence-electron chi connectivity index (χ0n) is 20.2. The Balaban J connectivity index is 0.00000385. The van der Waals surface area contributed by atoms with Crippen LogP contribution >= 0.6 is 24.0 Å². The zero-order chi connectivity index (χ0) is 22.8. The second-order valence-electron chi connectivity index (χ2n) is 8.30. The molecule has 1 aliphatic heterocycles. The lowest BCUT2D eigenvalue weighted by molar-refractivity contribution is 0.0823. The number of ether oxygens (including phenoxy) is 2. The van der Waals surface area contributed by atoms with Gasteiger partial charge in [-0.2, -0.15) is 0 Å². The van der Waals surface area contributed by atoms with E-state index in [9.17, 15) is 5.11 Å². The van der Waals surface area contributed by atoms with Gasteiger partial charge in [-0.25, -0.2) is 0 Å². The summed E-state index contributed by atoms with van der Waals surface area (Å²) in [4.78, 5) is 10.6. The van der Waals surface area contributed by atoms with Gasteiger partial charge in [0.25, 0.3) is 0 Å². The van der Waals surface area contributed by atoms with Gasteiger partial charge in [0.1, 0.15) is 11.5 Å². The second-order valence-corrected chi connectivity index (χ2v) is 8.30. The first-order valence-corrected chi connectivity index (χ1v) is 11.8. The topological polar surface area (TPSA) is 94.1 Å². The largest absolute Gasteiger partial charge is 0.497 e. The van der Waals surface area contributed by atoms with Crippen molar-refractivity contribution in [2.24, 2.45) is 4.99 Å². The Morgan fingerprint density at radius 1 is 1.15 bits per heavy atom. The number of nitrogens with one attached hydrogen (secondary N) is 3. The van der Waals surface area contributed by atoms with E-state index in [1.165, 1.54) is 5.69 Å². The fourth-order valence-electron chi connectivity index (χ4n) is 4.11. The summed E-state index contributed by atoms with van der Waals surface area (Å²) in [6.07, 6.45) is 4.64. The first kappa shape index (κ1) is 27.5. The first-order chi connectivity index (χ1) is 15.6. The minimum absolute atomic E-state index is 0. The quantitative estimate of drug-likeness (QED) is 0.143. The molecule has 1 saturated heterocycles. The summed E-state index contributed by atoms with van der Waals surface area (Å²) in [5.41, 5.74) is 2.20. The number of hydrogen-bond donors (Lipinski definition) is 4. The highest BCUT2D eigenvalue weighted by molar-refractivity contribution is 14.0. The van der Waals surface area contributed by atoms with Crippen LogP contribution in [0.5, 0.6) is 11.5 Å². The minimum Gasteiger partial charge on any atom is -0.497 e. The lowest BCUT2D eigenvalue weighted by Gasteiger charge is -2.29. The molecule has 0 unspecified atom stereocenters. The monoisotopic (exact) mass is 573 g/mol. The van der Waals surface area contributed by atoms with Crippen LogP contribution in [-0.4, -0.2) is 80.5 Å². The SMILES string of the molecule is CCNC(=NCCCc1cc2c(OC)cc(OC)cc2[nH]1)NCCCN1CCC(O)CC1.I. The smallest absolute Gasteiger partial charge is 0.191 e. The third kappa shape index (κ3) is 8.53. The third-order valence-electron chi connectivity index (χ3n) is 5.90. The molecule has 0 radical (unpaired) electrons. The van der Waals surface area contributed by atoms with Crippen molar-refractivity contribution in [3.8, 4) is 11.5 Å². The van der Waals surface area contributed by atoms with Crippen LogP contribution in [0.15, 0.2) is 23.2 Å². The fourth-order valence-corrected chi connectivity index (χ4v) is 4.11. The summed E-state index contributed by atoms with van der Waals surface area (Å²) >= 11 is 0. The number of aliphatic imine (C=N–C) groups is 1. The highest BCUT2D eigenvalue weighted by Crippen LogP contribution is 2.31. The molecule has 0 amide bonds. The molecule has 1 aromatic heterocycles. The Morgan fingerprint density at radius 2 is 1.94 bits per heavy atom. The van der Waals surface area contributed by atoms with Crippen molar-refractivity contribution in [1.82, 2.24) is 20.5 Å². The molecular weight excluding hydrogens is 533 g/mol. The molecule has 0 spiro atoms. The number of benzene rings is 1. The van der Waals surface area contributed by atoms with Gasteiger partial charge >= 0.3 is 0 Å². The van der Waals surface area contributed by atoms with Crippen molar-refractivity contribution < 1.29 is 14.6 Å². The van der Waals surface area contributed by atoms with Gasteiger partial charge in [-0.3, -0.25) is 4.99 Å². The molecule has 2 aromatic rings. The molecular formula is C24H40IN5O3. The van der Waals surface area contributed by atoms with Crippen LogP contribution in [0.2, 0.25) is 0 Å². The Hall–Kier alpha value is -1.72. The lowest BCUT2D eigenvalue weighted by Crippen LogP contribution is -2.40. The molecule has 4 N–H and O–H groups in total. The van der Waals surface area contributed by atoms with E-state index < -0.39 is 0 Å². The molecule has 0 atom stereocenters. The third-order valence-corrected chi connectivity index (χ3v) is 5.90. The maximum absolute atomic E-state index is 9.61. The number of nitrogens with zero attached hydrogens (tertiary/aromatic N) is 2. The standard InChI is InChI=1S/C24H39N5O3.HI/c1-4-25-24(27-11-6-12-29-13-8-19(30)9-14-29)26-10-5-7-18-15-21-22(28-18)16-20(31-2)17-23(21)32-3;/h15-17,19,28,30H,4-14H2,1-3H3,(H2,25,26,27);1H.